The summed E-state index contributed by atoms with van der Waals surface area (Å²) in [6, 6.07) is 6.11. The zero-order chi connectivity index (χ0) is 13.1. The van der Waals surface area contributed by atoms with Crippen molar-refractivity contribution in [3.05, 3.63) is 47.5 Å². The van der Waals surface area contributed by atoms with Gasteiger partial charge >= 0.3 is 5.97 Å². The van der Waals surface area contributed by atoms with Gasteiger partial charge in [-0.1, -0.05) is 6.07 Å². The van der Waals surface area contributed by atoms with Crippen molar-refractivity contribution in [1.82, 2.24) is 9.55 Å². The number of imidazole rings is 1. The average molecular weight is 244 g/mol. The number of esters is 1. The second-order valence-electron chi connectivity index (χ2n) is 4.16. The SMILES string of the molecule is CCOC(=O)c1cn(-c2ccc(C)c(C)c2)cn1. The van der Waals surface area contributed by atoms with Gasteiger partial charge in [0.2, 0.25) is 0 Å². The molecule has 0 saturated carbocycles. The molecule has 0 N–H and O–H groups in total. The van der Waals surface area contributed by atoms with Crippen LogP contribution in [0.1, 0.15) is 28.5 Å². The molecule has 1 aromatic carbocycles. The predicted octanol–water partition coefficient (Wildman–Crippen LogP) is 2.67. The van der Waals surface area contributed by atoms with Gasteiger partial charge in [0, 0.05) is 11.9 Å². The van der Waals surface area contributed by atoms with Crippen molar-refractivity contribution in [2.45, 2.75) is 20.8 Å². The minimum absolute atomic E-state index is 0.329. The third kappa shape index (κ3) is 2.42. The summed E-state index contributed by atoms with van der Waals surface area (Å²) in [4.78, 5) is 15.6. The third-order valence-electron chi connectivity index (χ3n) is 2.86. The Hall–Kier alpha value is -2.10. The first-order valence-corrected chi connectivity index (χ1v) is 5.90. The maximum absolute atomic E-state index is 11.5. The molecule has 1 heterocycles. The number of aromatic nitrogens is 2. The molecule has 0 spiro atoms. The van der Waals surface area contributed by atoms with Crippen molar-refractivity contribution in [3.8, 4) is 5.69 Å². The van der Waals surface area contributed by atoms with Gasteiger partial charge in [-0.05, 0) is 44.0 Å². The van der Waals surface area contributed by atoms with Crippen molar-refractivity contribution in [3.63, 3.8) is 0 Å². The molecule has 0 unspecified atom stereocenters. The van der Waals surface area contributed by atoms with E-state index in [0.717, 1.165) is 5.69 Å². The van der Waals surface area contributed by atoms with Crippen LogP contribution in [0.3, 0.4) is 0 Å². The first-order chi connectivity index (χ1) is 8.61. The van der Waals surface area contributed by atoms with Crippen LogP contribution in [-0.2, 0) is 4.74 Å². The molecule has 94 valence electrons. The molecule has 4 heteroatoms. The molecule has 18 heavy (non-hydrogen) atoms. The first kappa shape index (κ1) is 12.4. The largest absolute Gasteiger partial charge is 0.461 e. The average Bonchev–Trinajstić information content (AvgIpc) is 2.82. The van der Waals surface area contributed by atoms with Crippen LogP contribution in [0.4, 0.5) is 0 Å². The molecule has 0 saturated heterocycles. The van der Waals surface area contributed by atoms with Crippen LogP contribution >= 0.6 is 0 Å². The lowest BCUT2D eigenvalue weighted by Gasteiger charge is -2.05. The monoisotopic (exact) mass is 244 g/mol. The Bertz CT molecular complexity index is 573. The third-order valence-corrected chi connectivity index (χ3v) is 2.86. The number of aryl methyl sites for hydroxylation is 2. The number of hydrogen-bond donors (Lipinski definition) is 0. The quantitative estimate of drug-likeness (QED) is 0.780. The fourth-order valence-electron chi connectivity index (χ4n) is 1.66. The predicted molar refractivity (Wildman–Crippen MR) is 69.0 cm³/mol. The van der Waals surface area contributed by atoms with Gasteiger partial charge in [0.25, 0.3) is 0 Å². The molecule has 1 aromatic heterocycles. The zero-order valence-corrected chi connectivity index (χ0v) is 10.8. The lowest BCUT2D eigenvalue weighted by molar-refractivity contribution is 0.0520. The molecule has 2 aromatic rings. The highest BCUT2D eigenvalue weighted by Crippen LogP contribution is 2.14. The Kier molecular flexibility index (Phi) is 3.46. The smallest absolute Gasteiger partial charge is 0.358 e. The zero-order valence-electron chi connectivity index (χ0n) is 10.8. The molecule has 2 rings (SSSR count). The Morgan fingerprint density at radius 2 is 2.11 bits per heavy atom. The molecule has 0 aliphatic carbocycles. The second kappa shape index (κ2) is 5.04. The molecular formula is C14H16N2O2. The molecule has 0 bridgehead atoms. The van der Waals surface area contributed by atoms with Crippen LogP contribution < -0.4 is 0 Å². The molecule has 0 aliphatic rings. The molecule has 0 amide bonds. The van der Waals surface area contributed by atoms with E-state index < -0.39 is 0 Å². The van der Waals surface area contributed by atoms with E-state index >= 15 is 0 Å². The fourth-order valence-corrected chi connectivity index (χ4v) is 1.66. The maximum atomic E-state index is 11.5. The standard InChI is InChI=1S/C14H16N2O2/c1-4-18-14(17)13-8-16(9-15-13)12-6-5-10(2)11(3)7-12/h5-9H,4H2,1-3H3. The van der Waals surface area contributed by atoms with Crippen LogP contribution in [0.25, 0.3) is 5.69 Å². The van der Waals surface area contributed by atoms with Gasteiger partial charge < -0.3 is 9.30 Å². The number of carbonyl (C=O) groups excluding carboxylic acids is 1. The Labute approximate surface area is 106 Å². The van der Waals surface area contributed by atoms with E-state index in [4.69, 9.17) is 4.74 Å². The van der Waals surface area contributed by atoms with Gasteiger partial charge in [-0.15, -0.1) is 0 Å². The van der Waals surface area contributed by atoms with Gasteiger partial charge in [0.15, 0.2) is 5.69 Å². The highest BCUT2D eigenvalue weighted by Gasteiger charge is 2.10. The highest BCUT2D eigenvalue weighted by molar-refractivity contribution is 5.87. The summed E-state index contributed by atoms with van der Waals surface area (Å²) < 4.78 is 6.72. The Balaban J connectivity index is 2.29. The van der Waals surface area contributed by atoms with Crippen LogP contribution in [-0.4, -0.2) is 22.1 Å². The minimum Gasteiger partial charge on any atom is -0.461 e. The van der Waals surface area contributed by atoms with E-state index in [1.54, 1.807) is 19.4 Å². The van der Waals surface area contributed by atoms with Crippen molar-refractivity contribution < 1.29 is 9.53 Å². The lowest BCUT2D eigenvalue weighted by Crippen LogP contribution is -2.04. The highest BCUT2D eigenvalue weighted by atomic mass is 16.5. The van der Waals surface area contributed by atoms with Crippen LogP contribution in [0.15, 0.2) is 30.7 Å². The summed E-state index contributed by atoms with van der Waals surface area (Å²) in [5.41, 5.74) is 3.76. The summed E-state index contributed by atoms with van der Waals surface area (Å²) in [5, 5.41) is 0. The summed E-state index contributed by atoms with van der Waals surface area (Å²) in [5.74, 6) is -0.389. The normalized spacial score (nSPS) is 10.4. The van der Waals surface area contributed by atoms with E-state index in [9.17, 15) is 4.79 Å². The Morgan fingerprint density at radius 3 is 2.78 bits per heavy atom. The van der Waals surface area contributed by atoms with Crippen molar-refractivity contribution >= 4 is 5.97 Å². The van der Waals surface area contributed by atoms with Gasteiger partial charge in [-0.25, -0.2) is 9.78 Å². The second-order valence-corrected chi connectivity index (χ2v) is 4.16. The maximum Gasteiger partial charge on any atom is 0.358 e. The molecule has 4 nitrogen and oxygen atoms in total. The number of benzene rings is 1. The summed E-state index contributed by atoms with van der Waals surface area (Å²) >= 11 is 0. The topological polar surface area (TPSA) is 44.1 Å². The number of carbonyl (C=O) groups is 1. The van der Waals surface area contributed by atoms with Crippen LogP contribution in [0, 0.1) is 13.8 Å². The first-order valence-electron chi connectivity index (χ1n) is 5.90. The number of hydrogen-bond acceptors (Lipinski definition) is 3. The number of rotatable bonds is 3. The van der Waals surface area contributed by atoms with Crippen LogP contribution in [0.5, 0.6) is 0 Å². The van der Waals surface area contributed by atoms with Gasteiger partial charge in [-0.2, -0.15) is 0 Å². The molecular weight excluding hydrogens is 228 g/mol. The van der Waals surface area contributed by atoms with Gasteiger partial charge in [0.1, 0.15) is 6.33 Å². The lowest BCUT2D eigenvalue weighted by atomic mass is 10.1. The van der Waals surface area contributed by atoms with Crippen molar-refractivity contribution in [1.29, 1.82) is 0 Å². The van der Waals surface area contributed by atoms with E-state index in [-0.39, 0.29) is 5.97 Å². The number of ether oxygens (including phenoxy) is 1. The van der Waals surface area contributed by atoms with E-state index in [0.29, 0.717) is 12.3 Å². The molecule has 0 fully saturated rings. The van der Waals surface area contributed by atoms with E-state index in [2.05, 4.69) is 31.0 Å². The van der Waals surface area contributed by atoms with E-state index in [1.807, 2.05) is 10.6 Å². The summed E-state index contributed by atoms with van der Waals surface area (Å²) in [6.07, 6.45) is 3.30. The van der Waals surface area contributed by atoms with Gasteiger partial charge in [0.05, 0.1) is 6.61 Å². The minimum atomic E-state index is -0.389. The fraction of sp³-hybridized carbons (Fsp3) is 0.286. The Morgan fingerprint density at radius 1 is 1.33 bits per heavy atom. The van der Waals surface area contributed by atoms with Crippen molar-refractivity contribution in [2.24, 2.45) is 0 Å². The van der Waals surface area contributed by atoms with E-state index in [1.165, 1.54) is 11.1 Å². The molecule has 0 aliphatic heterocycles. The molecule has 0 atom stereocenters. The summed E-state index contributed by atoms with van der Waals surface area (Å²) in [6.45, 7) is 6.26. The van der Waals surface area contributed by atoms with Gasteiger partial charge in [-0.3, -0.25) is 0 Å². The molecule has 0 radical (unpaired) electrons. The van der Waals surface area contributed by atoms with Crippen molar-refractivity contribution in [2.75, 3.05) is 6.61 Å². The van der Waals surface area contributed by atoms with Crippen LogP contribution in [0.2, 0.25) is 0 Å². The number of nitrogens with zero attached hydrogens (tertiary/aromatic N) is 2. The summed E-state index contributed by atoms with van der Waals surface area (Å²) in [7, 11) is 0.